The van der Waals surface area contributed by atoms with Crippen molar-refractivity contribution in [2.45, 2.75) is 32.5 Å². The zero-order valence-electron chi connectivity index (χ0n) is 16.1. The van der Waals surface area contributed by atoms with E-state index in [2.05, 4.69) is 4.98 Å². The molecule has 28 heavy (non-hydrogen) atoms. The largest absolute Gasteiger partial charge is 0.465 e. The number of thiophene rings is 1. The summed E-state index contributed by atoms with van der Waals surface area (Å²) in [6, 6.07) is 9.91. The number of carbonyl (C=O) groups is 1. The number of allylic oxidation sites excluding steroid dienone is 1. The van der Waals surface area contributed by atoms with Crippen molar-refractivity contribution in [1.82, 2.24) is 9.55 Å². The molecule has 7 heteroatoms. The van der Waals surface area contributed by atoms with Crippen LogP contribution in [0.1, 0.15) is 22.9 Å². The van der Waals surface area contributed by atoms with E-state index < -0.39 is 0 Å². The topological polar surface area (TPSA) is 61.2 Å². The number of rotatable bonds is 7. The standard InChI is InChI=1S/C21H22N2O3S2/c1-4-26-17(24)13-27-21-22-19-18(14(2)15(3)28-19)20(25)23(21)12-8-11-16-9-6-5-7-10-16/h5-11H,4,12-13H2,1-3H3. The Labute approximate surface area is 172 Å². The van der Waals surface area contributed by atoms with Gasteiger partial charge < -0.3 is 4.74 Å². The number of esters is 1. The van der Waals surface area contributed by atoms with Crippen LogP contribution in [0.3, 0.4) is 0 Å². The second-order valence-electron chi connectivity index (χ2n) is 6.18. The van der Waals surface area contributed by atoms with Crippen molar-refractivity contribution in [3.63, 3.8) is 0 Å². The number of ether oxygens (including phenoxy) is 1. The van der Waals surface area contributed by atoms with Crippen LogP contribution in [0.4, 0.5) is 0 Å². The van der Waals surface area contributed by atoms with Crippen molar-refractivity contribution >= 4 is 45.4 Å². The summed E-state index contributed by atoms with van der Waals surface area (Å²) in [4.78, 5) is 31.4. The highest BCUT2D eigenvalue weighted by Crippen LogP contribution is 2.28. The lowest BCUT2D eigenvalue weighted by atomic mass is 10.2. The van der Waals surface area contributed by atoms with E-state index >= 15 is 0 Å². The summed E-state index contributed by atoms with van der Waals surface area (Å²) in [5, 5.41) is 1.20. The van der Waals surface area contributed by atoms with Crippen molar-refractivity contribution < 1.29 is 9.53 Å². The van der Waals surface area contributed by atoms with Crippen LogP contribution in [0.15, 0.2) is 46.4 Å². The van der Waals surface area contributed by atoms with Gasteiger partial charge in [-0.05, 0) is 31.9 Å². The fraction of sp³-hybridized carbons (Fsp3) is 0.286. The average Bonchev–Trinajstić information content (AvgIpc) is 2.97. The van der Waals surface area contributed by atoms with Crippen LogP contribution in [0.5, 0.6) is 0 Å². The molecule has 2 heterocycles. The summed E-state index contributed by atoms with van der Waals surface area (Å²) in [5.74, 6) is -0.191. The molecule has 0 saturated carbocycles. The van der Waals surface area contributed by atoms with Gasteiger partial charge in [-0.1, -0.05) is 54.2 Å². The lowest BCUT2D eigenvalue weighted by Gasteiger charge is -2.10. The van der Waals surface area contributed by atoms with Gasteiger partial charge in [0.05, 0.1) is 17.7 Å². The molecule has 2 aromatic heterocycles. The number of aromatic nitrogens is 2. The predicted octanol–water partition coefficient (Wildman–Crippen LogP) is 4.44. The van der Waals surface area contributed by atoms with E-state index in [0.717, 1.165) is 20.8 Å². The Morgan fingerprint density at radius 2 is 2.04 bits per heavy atom. The van der Waals surface area contributed by atoms with Gasteiger partial charge in [0.25, 0.3) is 5.56 Å². The number of carbonyl (C=O) groups excluding carboxylic acids is 1. The van der Waals surface area contributed by atoms with Crippen molar-refractivity contribution in [1.29, 1.82) is 0 Å². The number of thioether (sulfide) groups is 1. The first-order valence-electron chi connectivity index (χ1n) is 9.01. The molecule has 3 aromatic rings. The maximum Gasteiger partial charge on any atom is 0.316 e. The minimum absolute atomic E-state index is 0.0732. The highest BCUT2D eigenvalue weighted by Gasteiger charge is 2.17. The highest BCUT2D eigenvalue weighted by atomic mass is 32.2. The number of benzene rings is 1. The summed E-state index contributed by atoms with van der Waals surface area (Å²) in [5.41, 5.74) is 1.96. The summed E-state index contributed by atoms with van der Waals surface area (Å²) >= 11 is 2.74. The van der Waals surface area contributed by atoms with Crippen molar-refractivity contribution in [3.05, 3.63) is 62.8 Å². The molecule has 3 rings (SSSR count). The molecule has 0 aliphatic heterocycles. The van der Waals surface area contributed by atoms with Crippen molar-refractivity contribution in [3.8, 4) is 0 Å². The number of nitrogens with zero attached hydrogens (tertiary/aromatic N) is 2. The Morgan fingerprint density at radius 3 is 2.75 bits per heavy atom. The van der Waals surface area contributed by atoms with Crippen molar-refractivity contribution in [2.75, 3.05) is 12.4 Å². The summed E-state index contributed by atoms with van der Waals surface area (Å²) < 4.78 is 6.63. The Morgan fingerprint density at radius 1 is 1.29 bits per heavy atom. The molecule has 5 nitrogen and oxygen atoms in total. The second-order valence-corrected chi connectivity index (χ2v) is 8.33. The molecule has 0 fully saturated rings. The predicted molar refractivity (Wildman–Crippen MR) is 116 cm³/mol. The molecule has 0 saturated heterocycles. The fourth-order valence-corrected chi connectivity index (χ4v) is 4.64. The smallest absolute Gasteiger partial charge is 0.316 e. The van der Waals surface area contributed by atoms with Gasteiger partial charge in [0.15, 0.2) is 5.16 Å². The van der Waals surface area contributed by atoms with E-state index in [0.29, 0.717) is 23.7 Å². The quantitative estimate of drug-likeness (QED) is 0.325. The molecule has 0 spiro atoms. The third kappa shape index (κ3) is 4.54. The van der Waals surface area contributed by atoms with Gasteiger partial charge in [0, 0.05) is 11.4 Å². The normalized spacial score (nSPS) is 11.4. The zero-order chi connectivity index (χ0) is 20.1. The van der Waals surface area contributed by atoms with Crippen LogP contribution in [-0.4, -0.2) is 27.9 Å². The maximum absolute atomic E-state index is 13.2. The highest BCUT2D eigenvalue weighted by molar-refractivity contribution is 7.99. The molecule has 0 amide bonds. The minimum atomic E-state index is -0.313. The summed E-state index contributed by atoms with van der Waals surface area (Å²) in [7, 11) is 0. The van der Waals surface area contributed by atoms with Gasteiger partial charge in [0.1, 0.15) is 4.83 Å². The van der Waals surface area contributed by atoms with E-state index in [1.807, 2.05) is 56.3 Å². The van der Waals surface area contributed by atoms with Crippen molar-refractivity contribution in [2.24, 2.45) is 0 Å². The van der Waals surface area contributed by atoms with Crippen LogP contribution in [0.25, 0.3) is 16.3 Å². The van der Waals surface area contributed by atoms with Crippen LogP contribution >= 0.6 is 23.1 Å². The van der Waals surface area contributed by atoms with Gasteiger partial charge in [0.2, 0.25) is 0 Å². The average molecular weight is 415 g/mol. The minimum Gasteiger partial charge on any atom is -0.465 e. The fourth-order valence-electron chi connectivity index (χ4n) is 2.76. The molecule has 0 N–H and O–H groups in total. The molecule has 146 valence electrons. The monoisotopic (exact) mass is 414 g/mol. The van der Waals surface area contributed by atoms with Crippen LogP contribution in [0, 0.1) is 13.8 Å². The Bertz CT molecular complexity index is 1070. The first-order chi connectivity index (χ1) is 13.5. The SMILES string of the molecule is CCOC(=O)CSc1nc2sc(C)c(C)c2c(=O)n1CC=Cc1ccccc1. The van der Waals surface area contributed by atoms with Gasteiger partial charge in [-0.2, -0.15) is 0 Å². The number of hydrogen-bond donors (Lipinski definition) is 0. The third-order valence-corrected chi connectivity index (χ3v) is 6.33. The molecule has 0 aliphatic carbocycles. The molecule has 1 aromatic carbocycles. The van der Waals surface area contributed by atoms with Gasteiger partial charge in [-0.25, -0.2) is 4.98 Å². The van der Waals surface area contributed by atoms with Gasteiger partial charge in [-0.15, -0.1) is 11.3 Å². The zero-order valence-corrected chi connectivity index (χ0v) is 17.7. The maximum atomic E-state index is 13.2. The van der Waals surface area contributed by atoms with E-state index in [-0.39, 0.29) is 17.3 Å². The molecular weight excluding hydrogens is 392 g/mol. The molecule has 0 aliphatic rings. The molecule has 0 bridgehead atoms. The Balaban J connectivity index is 1.96. The lowest BCUT2D eigenvalue weighted by molar-refractivity contribution is -0.139. The Hall–Kier alpha value is -2.38. The number of hydrogen-bond acceptors (Lipinski definition) is 6. The number of aryl methyl sites for hydroxylation is 2. The second kappa shape index (κ2) is 9.21. The van der Waals surface area contributed by atoms with Gasteiger partial charge >= 0.3 is 5.97 Å². The van der Waals surface area contributed by atoms with E-state index in [9.17, 15) is 9.59 Å². The Kier molecular flexibility index (Phi) is 6.70. The molecule has 0 atom stereocenters. The summed E-state index contributed by atoms with van der Waals surface area (Å²) in [6.07, 6.45) is 3.91. The summed E-state index contributed by atoms with van der Waals surface area (Å²) in [6.45, 7) is 6.44. The van der Waals surface area contributed by atoms with E-state index in [4.69, 9.17) is 4.74 Å². The third-order valence-electron chi connectivity index (χ3n) is 4.28. The van der Waals surface area contributed by atoms with Crippen LogP contribution in [0.2, 0.25) is 0 Å². The first kappa shape index (κ1) is 20.4. The lowest BCUT2D eigenvalue weighted by Crippen LogP contribution is -2.23. The molecule has 0 unspecified atom stereocenters. The van der Waals surface area contributed by atoms with Crippen LogP contribution < -0.4 is 5.56 Å². The number of fused-ring (bicyclic) bond motifs is 1. The van der Waals surface area contributed by atoms with Crippen LogP contribution in [-0.2, 0) is 16.1 Å². The molecule has 0 radical (unpaired) electrons. The van der Waals surface area contributed by atoms with E-state index in [1.165, 1.54) is 23.1 Å². The first-order valence-corrected chi connectivity index (χ1v) is 10.8. The van der Waals surface area contributed by atoms with Gasteiger partial charge in [-0.3, -0.25) is 14.2 Å². The van der Waals surface area contributed by atoms with E-state index in [1.54, 1.807) is 11.5 Å². The molecular formula is C21H22N2O3S2.